The number of hydrogen-bond acceptors (Lipinski definition) is 2. The Labute approximate surface area is 150 Å². The lowest BCUT2D eigenvalue weighted by Gasteiger charge is -2.14. The highest BCUT2D eigenvalue weighted by molar-refractivity contribution is 6.23. The molecule has 0 aliphatic carbocycles. The van der Waals surface area contributed by atoms with Crippen LogP contribution in [0.4, 0.5) is 0 Å². The first kappa shape index (κ1) is 14.0. The van der Waals surface area contributed by atoms with Gasteiger partial charge in [0.05, 0.1) is 12.4 Å². The van der Waals surface area contributed by atoms with Crippen molar-refractivity contribution in [2.45, 2.75) is 6.54 Å². The van der Waals surface area contributed by atoms with Crippen LogP contribution < -0.4 is 9.47 Å². The van der Waals surface area contributed by atoms with Crippen molar-refractivity contribution in [3.8, 4) is 11.5 Å². The van der Waals surface area contributed by atoms with Gasteiger partial charge in [0, 0.05) is 6.54 Å². The second-order valence-electron chi connectivity index (χ2n) is 6.94. The van der Waals surface area contributed by atoms with Crippen molar-refractivity contribution in [2.75, 3.05) is 13.2 Å². The van der Waals surface area contributed by atoms with Crippen molar-refractivity contribution in [2.24, 2.45) is 0 Å². The second-order valence-corrected chi connectivity index (χ2v) is 6.94. The predicted octanol–water partition coefficient (Wildman–Crippen LogP) is 5.21. The molecule has 126 valence electrons. The Morgan fingerprint density at radius 2 is 1.31 bits per heavy atom. The molecule has 2 heterocycles. The Kier molecular flexibility index (Phi) is 2.78. The fraction of sp³-hybridized carbons (Fsp3) is 0.130. The Bertz CT molecular complexity index is 1230. The summed E-state index contributed by atoms with van der Waals surface area (Å²) in [4.78, 5) is 0. The first-order valence-corrected chi connectivity index (χ1v) is 8.98. The minimum Gasteiger partial charge on any atom is -0.485 e. The average molecular weight is 339 g/mol. The minimum absolute atomic E-state index is 0.621. The lowest BCUT2D eigenvalue weighted by atomic mass is 9.92. The van der Waals surface area contributed by atoms with E-state index in [0.717, 1.165) is 18.0 Å². The van der Waals surface area contributed by atoms with E-state index < -0.39 is 0 Å². The first-order valence-electron chi connectivity index (χ1n) is 8.98. The molecular formula is C23H17NO2. The SMILES string of the molecule is c1cc2ccc3ccc(Cn4cc5c(c4)OCCO5)c4ccc(c1)c2c34. The third-order valence-corrected chi connectivity index (χ3v) is 5.38. The summed E-state index contributed by atoms with van der Waals surface area (Å²) < 4.78 is 13.5. The van der Waals surface area contributed by atoms with Crippen molar-refractivity contribution < 1.29 is 9.47 Å². The van der Waals surface area contributed by atoms with Crippen LogP contribution in [0.15, 0.2) is 67.0 Å². The fourth-order valence-corrected chi connectivity index (χ4v) is 4.21. The highest BCUT2D eigenvalue weighted by atomic mass is 16.6. The van der Waals surface area contributed by atoms with Gasteiger partial charge in [0.15, 0.2) is 11.5 Å². The van der Waals surface area contributed by atoms with Gasteiger partial charge in [-0.15, -0.1) is 0 Å². The second kappa shape index (κ2) is 5.15. The van der Waals surface area contributed by atoms with Crippen molar-refractivity contribution >= 4 is 32.3 Å². The predicted molar refractivity (Wildman–Crippen MR) is 105 cm³/mol. The number of nitrogens with zero attached hydrogens (tertiary/aromatic N) is 1. The third-order valence-electron chi connectivity index (χ3n) is 5.38. The number of ether oxygens (including phenoxy) is 2. The zero-order valence-corrected chi connectivity index (χ0v) is 14.2. The Hall–Kier alpha value is -3.20. The quantitative estimate of drug-likeness (QED) is 0.412. The molecule has 3 heteroatoms. The van der Waals surface area contributed by atoms with Gasteiger partial charge in [-0.3, -0.25) is 0 Å². The summed E-state index contributed by atoms with van der Waals surface area (Å²) in [5, 5.41) is 7.95. The van der Waals surface area contributed by atoms with Crippen molar-refractivity contribution in [3.05, 3.63) is 72.6 Å². The molecule has 26 heavy (non-hydrogen) atoms. The standard InChI is InChI=1S/C23H17NO2/c1-2-15-4-5-17-6-7-18(19-9-8-16(3-1)22(15)23(17)19)12-24-13-20-21(14-24)26-11-10-25-20/h1-9,13-14H,10-12H2. The van der Waals surface area contributed by atoms with Gasteiger partial charge in [0.1, 0.15) is 13.2 Å². The molecular weight excluding hydrogens is 322 g/mol. The Balaban J connectivity index is 1.56. The first-order chi connectivity index (χ1) is 12.9. The summed E-state index contributed by atoms with van der Waals surface area (Å²) in [7, 11) is 0. The van der Waals surface area contributed by atoms with Crippen molar-refractivity contribution in [1.82, 2.24) is 4.57 Å². The zero-order chi connectivity index (χ0) is 17.1. The van der Waals surface area contributed by atoms with E-state index in [4.69, 9.17) is 9.47 Å². The van der Waals surface area contributed by atoms with Crippen LogP contribution in [0.25, 0.3) is 32.3 Å². The highest BCUT2D eigenvalue weighted by Gasteiger charge is 2.15. The molecule has 0 atom stereocenters. The third kappa shape index (κ3) is 1.94. The molecule has 1 aliphatic heterocycles. The largest absolute Gasteiger partial charge is 0.485 e. The van der Waals surface area contributed by atoms with Gasteiger partial charge in [-0.2, -0.15) is 0 Å². The number of rotatable bonds is 2. The summed E-state index contributed by atoms with van der Waals surface area (Å²) >= 11 is 0. The van der Waals surface area contributed by atoms with Crippen LogP contribution in [0.2, 0.25) is 0 Å². The Morgan fingerprint density at radius 3 is 2.04 bits per heavy atom. The van der Waals surface area contributed by atoms with Gasteiger partial charge >= 0.3 is 0 Å². The van der Waals surface area contributed by atoms with Gasteiger partial charge in [0.25, 0.3) is 0 Å². The number of aromatic nitrogens is 1. The smallest absolute Gasteiger partial charge is 0.179 e. The molecule has 5 aromatic rings. The fourth-order valence-electron chi connectivity index (χ4n) is 4.21. The van der Waals surface area contributed by atoms with Gasteiger partial charge in [-0.05, 0) is 37.9 Å². The molecule has 0 amide bonds. The number of benzene rings is 4. The van der Waals surface area contributed by atoms with E-state index in [1.54, 1.807) is 0 Å². The molecule has 0 spiro atoms. The Morgan fingerprint density at radius 1 is 0.692 bits per heavy atom. The maximum Gasteiger partial charge on any atom is 0.179 e. The van der Waals surface area contributed by atoms with E-state index in [0.29, 0.717) is 13.2 Å². The molecule has 0 radical (unpaired) electrons. The highest BCUT2D eigenvalue weighted by Crippen LogP contribution is 2.37. The minimum atomic E-state index is 0.621. The van der Waals surface area contributed by atoms with Crippen LogP contribution >= 0.6 is 0 Å². The lowest BCUT2D eigenvalue weighted by Crippen LogP contribution is -2.13. The molecule has 0 N–H and O–H groups in total. The number of fused-ring (bicyclic) bond motifs is 1. The molecule has 3 nitrogen and oxygen atoms in total. The molecule has 0 saturated carbocycles. The summed E-state index contributed by atoms with van der Waals surface area (Å²) in [5.41, 5.74) is 1.31. The van der Waals surface area contributed by atoms with Crippen molar-refractivity contribution in [1.29, 1.82) is 0 Å². The van der Waals surface area contributed by atoms with Crippen LogP contribution in [0.5, 0.6) is 11.5 Å². The van der Waals surface area contributed by atoms with E-state index in [9.17, 15) is 0 Å². The summed E-state index contributed by atoms with van der Waals surface area (Å²) in [6.07, 6.45) is 4.07. The van der Waals surface area contributed by atoms with E-state index in [2.05, 4.69) is 59.2 Å². The molecule has 4 aromatic carbocycles. The zero-order valence-electron chi connectivity index (χ0n) is 14.2. The van der Waals surface area contributed by atoms with Gasteiger partial charge in [-0.25, -0.2) is 0 Å². The average Bonchev–Trinajstić information content (AvgIpc) is 3.09. The van der Waals surface area contributed by atoms with E-state index >= 15 is 0 Å². The van der Waals surface area contributed by atoms with Gasteiger partial charge in [0.2, 0.25) is 0 Å². The van der Waals surface area contributed by atoms with Crippen LogP contribution in [0.3, 0.4) is 0 Å². The van der Waals surface area contributed by atoms with Crippen LogP contribution in [0, 0.1) is 0 Å². The number of hydrogen-bond donors (Lipinski definition) is 0. The van der Waals surface area contributed by atoms with E-state index in [-0.39, 0.29) is 0 Å². The van der Waals surface area contributed by atoms with Crippen LogP contribution in [-0.4, -0.2) is 17.8 Å². The lowest BCUT2D eigenvalue weighted by molar-refractivity contribution is 0.173. The maximum absolute atomic E-state index is 5.68. The van der Waals surface area contributed by atoms with Crippen molar-refractivity contribution in [3.63, 3.8) is 0 Å². The summed E-state index contributed by atoms with van der Waals surface area (Å²) in [5.74, 6) is 1.68. The van der Waals surface area contributed by atoms with E-state index in [1.165, 1.54) is 37.9 Å². The molecule has 0 unspecified atom stereocenters. The monoisotopic (exact) mass is 339 g/mol. The molecule has 1 aliphatic rings. The van der Waals surface area contributed by atoms with Gasteiger partial charge < -0.3 is 14.0 Å². The molecule has 0 bridgehead atoms. The van der Waals surface area contributed by atoms with Crippen LogP contribution in [0.1, 0.15) is 5.56 Å². The molecule has 0 saturated heterocycles. The maximum atomic E-state index is 5.68. The van der Waals surface area contributed by atoms with Crippen LogP contribution in [-0.2, 0) is 6.54 Å². The van der Waals surface area contributed by atoms with Gasteiger partial charge in [-0.1, -0.05) is 54.6 Å². The summed E-state index contributed by atoms with van der Waals surface area (Å²) in [6.45, 7) is 2.04. The summed E-state index contributed by atoms with van der Waals surface area (Å²) in [6, 6.07) is 19.9. The normalized spacial score (nSPS) is 13.8. The molecule has 0 fully saturated rings. The van der Waals surface area contributed by atoms with E-state index in [1.807, 2.05) is 12.4 Å². The molecule has 6 rings (SSSR count). The topological polar surface area (TPSA) is 23.4 Å². The molecule has 1 aromatic heterocycles.